The minimum absolute atomic E-state index is 0.103. The number of benzene rings is 3. The Morgan fingerprint density at radius 2 is 1.77 bits per heavy atom. The fourth-order valence-electron chi connectivity index (χ4n) is 4.03. The van der Waals surface area contributed by atoms with Crippen LogP contribution in [-0.4, -0.2) is 54.1 Å². The second-order valence-corrected chi connectivity index (χ2v) is 9.64. The first kappa shape index (κ1) is 28.8. The number of methoxy groups -OCH3 is 1. The number of hydrogen-bond donors (Lipinski definition) is 1. The van der Waals surface area contributed by atoms with Crippen molar-refractivity contribution in [1.82, 2.24) is 4.57 Å². The van der Waals surface area contributed by atoms with Crippen LogP contribution in [0, 0.1) is 0 Å². The Bertz CT molecular complexity index is 1530. The van der Waals surface area contributed by atoms with Crippen molar-refractivity contribution in [3.63, 3.8) is 0 Å². The molecule has 0 aliphatic rings. The van der Waals surface area contributed by atoms with Gasteiger partial charge in [0.2, 0.25) is 0 Å². The van der Waals surface area contributed by atoms with Gasteiger partial charge in [-0.25, -0.2) is 4.79 Å². The Kier molecular flexibility index (Phi) is 9.22. The lowest BCUT2D eigenvalue weighted by Gasteiger charge is -2.17. The molecule has 0 bridgehead atoms. The molecule has 4 aromatic rings. The summed E-state index contributed by atoms with van der Waals surface area (Å²) >= 11 is 1.07. The van der Waals surface area contributed by atoms with Gasteiger partial charge in [0.05, 0.1) is 23.9 Å². The molecule has 40 heavy (non-hydrogen) atoms. The van der Waals surface area contributed by atoms with E-state index in [1.165, 1.54) is 0 Å². The predicted octanol–water partition coefficient (Wildman–Crippen LogP) is 5.03. The molecule has 1 N–H and O–H groups in total. The summed E-state index contributed by atoms with van der Waals surface area (Å²) in [5, 5.41) is 13.0. The predicted molar refractivity (Wildman–Crippen MR) is 143 cm³/mol. The highest BCUT2D eigenvalue weighted by Crippen LogP contribution is 2.22. The molecular formula is C28H25F3N2O6S. The van der Waals surface area contributed by atoms with Crippen LogP contribution in [0.3, 0.4) is 0 Å². The molecule has 4 rings (SSSR count). The summed E-state index contributed by atoms with van der Waals surface area (Å²) in [5.41, 5.74) is 3.08. The van der Waals surface area contributed by atoms with E-state index in [4.69, 9.17) is 9.47 Å². The molecule has 0 radical (unpaired) electrons. The molecule has 1 heterocycles. The minimum Gasteiger partial charge on any atom is -0.492 e. The summed E-state index contributed by atoms with van der Waals surface area (Å²) < 4.78 is 54.9. The van der Waals surface area contributed by atoms with Gasteiger partial charge in [0.1, 0.15) is 24.7 Å². The van der Waals surface area contributed by atoms with Crippen LogP contribution in [0.4, 0.5) is 13.2 Å². The average Bonchev–Trinajstić information content (AvgIpc) is 3.26. The first-order chi connectivity index (χ1) is 19.2. The summed E-state index contributed by atoms with van der Waals surface area (Å²) in [4.78, 5) is 24.3. The topological polar surface area (TPSA) is 99.4 Å². The monoisotopic (exact) mass is 574 g/mol. The maximum atomic E-state index is 12.7. The molecule has 0 aliphatic heterocycles. The smallest absolute Gasteiger partial charge is 0.411 e. The molecule has 0 saturated heterocycles. The van der Waals surface area contributed by atoms with Crippen molar-refractivity contribution in [3.05, 3.63) is 99.2 Å². The zero-order valence-electron chi connectivity index (χ0n) is 21.3. The van der Waals surface area contributed by atoms with Crippen molar-refractivity contribution in [2.45, 2.75) is 25.2 Å². The number of ether oxygens (including phenoxy) is 3. The van der Waals surface area contributed by atoms with Crippen LogP contribution in [0.25, 0.3) is 10.2 Å². The van der Waals surface area contributed by atoms with Crippen LogP contribution in [0.1, 0.15) is 16.7 Å². The quantitative estimate of drug-likeness (QED) is 0.117. The van der Waals surface area contributed by atoms with Gasteiger partial charge in [-0.2, -0.15) is 13.2 Å². The van der Waals surface area contributed by atoms with Crippen molar-refractivity contribution < 1.29 is 37.4 Å². The molecular weight excluding hydrogens is 549 g/mol. The average molecular weight is 575 g/mol. The van der Waals surface area contributed by atoms with Crippen LogP contribution in [0.2, 0.25) is 0 Å². The number of esters is 1. The van der Waals surface area contributed by atoms with Gasteiger partial charge in [0, 0.05) is 17.5 Å². The highest BCUT2D eigenvalue weighted by Gasteiger charge is 2.32. The summed E-state index contributed by atoms with van der Waals surface area (Å²) in [6, 6.07) is 21.1. The van der Waals surface area contributed by atoms with Gasteiger partial charge in [-0.3, -0.25) is 9.36 Å². The number of nitrogens with zero attached hydrogens (tertiary/aromatic N) is 2. The molecule has 0 amide bonds. The third-order valence-corrected chi connectivity index (χ3v) is 6.87. The molecule has 210 valence electrons. The second kappa shape index (κ2) is 12.8. The van der Waals surface area contributed by atoms with Crippen molar-refractivity contribution in [2.75, 3.05) is 20.3 Å². The van der Waals surface area contributed by atoms with E-state index in [1.807, 2.05) is 30.3 Å². The van der Waals surface area contributed by atoms with E-state index in [2.05, 4.69) is 9.89 Å². The van der Waals surface area contributed by atoms with Gasteiger partial charge in [0.25, 0.3) is 0 Å². The summed E-state index contributed by atoms with van der Waals surface area (Å²) in [7, 11) is 1.08. The van der Waals surface area contributed by atoms with Gasteiger partial charge in [-0.15, -0.1) is 0 Å². The Morgan fingerprint density at radius 3 is 2.42 bits per heavy atom. The van der Waals surface area contributed by atoms with E-state index in [0.29, 0.717) is 22.6 Å². The van der Waals surface area contributed by atoms with E-state index in [-0.39, 0.29) is 24.4 Å². The number of thiazole rings is 1. The fourth-order valence-corrected chi connectivity index (χ4v) is 4.99. The van der Waals surface area contributed by atoms with E-state index < -0.39 is 24.9 Å². The van der Waals surface area contributed by atoms with Gasteiger partial charge in [-0.1, -0.05) is 65.0 Å². The number of carbonyl (C=O) groups excluding carboxylic acids is 1. The zero-order valence-corrected chi connectivity index (χ0v) is 22.1. The molecule has 12 heteroatoms. The molecule has 3 aromatic carbocycles. The summed E-state index contributed by atoms with van der Waals surface area (Å²) in [6.45, 7) is -1.11. The third kappa shape index (κ3) is 7.27. The van der Waals surface area contributed by atoms with E-state index in [0.717, 1.165) is 34.2 Å². The molecule has 8 nitrogen and oxygen atoms in total. The largest absolute Gasteiger partial charge is 0.492 e. The minimum atomic E-state index is -4.57. The maximum absolute atomic E-state index is 12.7. The van der Waals surface area contributed by atoms with Gasteiger partial charge in [0.15, 0.2) is 6.10 Å². The van der Waals surface area contributed by atoms with Crippen LogP contribution in [0.15, 0.2) is 82.7 Å². The van der Waals surface area contributed by atoms with Crippen LogP contribution < -0.4 is 9.61 Å². The van der Waals surface area contributed by atoms with Gasteiger partial charge < -0.3 is 19.4 Å². The number of hydrogen-bond acceptors (Lipinski definition) is 8. The zero-order chi connectivity index (χ0) is 28.7. The van der Waals surface area contributed by atoms with Crippen molar-refractivity contribution in [2.24, 2.45) is 5.16 Å². The standard InChI is InChI=1S/C28H25F3N2O6S/c1-37-26(34)23(39-17-28(29,30)31)15-18-7-10-21(11-8-18)38-14-13-33-22-12-9-20(16-24(22)40-27(33)35)25(32-36)19-5-3-2-4-6-19/h2-12,16,23,36H,13-15,17H2,1H3/b32-25+. The normalized spacial score (nSPS) is 12.8. The fraction of sp³-hybridized carbons (Fsp3) is 0.250. The van der Waals surface area contributed by atoms with E-state index >= 15 is 0 Å². The lowest BCUT2D eigenvalue weighted by Crippen LogP contribution is -2.32. The number of alkyl halides is 3. The van der Waals surface area contributed by atoms with Gasteiger partial charge in [-0.05, 0) is 29.8 Å². The molecule has 1 atom stereocenters. The van der Waals surface area contributed by atoms with Crippen LogP contribution in [0.5, 0.6) is 5.75 Å². The first-order valence-corrected chi connectivity index (χ1v) is 12.9. The molecule has 0 saturated carbocycles. The number of carbonyl (C=O) groups is 1. The number of fused-ring (bicyclic) bond motifs is 1. The number of aromatic nitrogens is 1. The molecule has 1 unspecified atom stereocenters. The van der Waals surface area contributed by atoms with Gasteiger partial charge >= 0.3 is 17.0 Å². The van der Waals surface area contributed by atoms with Crippen LogP contribution >= 0.6 is 11.3 Å². The Balaban J connectivity index is 1.39. The molecule has 0 fully saturated rings. The van der Waals surface area contributed by atoms with Crippen LogP contribution in [-0.2, 0) is 27.2 Å². The van der Waals surface area contributed by atoms with E-state index in [9.17, 15) is 28.0 Å². The number of oxime groups is 1. The van der Waals surface area contributed by atoms with E-state index in [1.54, 1.807) is 47.0 Å². The van der Waals surface area contributed by atoms with Crippen molar-refractivity contribution in [3.8, 4) is 5.75 Å². The lowest BCUT2D eigenvalue weighted by molar-refractivity contribution is -0.193. The highest BCUT2D eigenvalue weighted by molar-refractivity contribution is 7.16. The second-order valence-electron chi connectivity index (χ2n) is 8.65. The maximum Gasteiger partial charge on any atom is 0.411 e. The molecule has 0 spiro atoms. The Labute approximate surface area is 230 Å². The number of halogens is 3. The Morgan fingerprint density at radius 1 is 1.05 bits per heavy atom. The lowest BCUT2D eigenvalue weighted by atomic mass is 10.0. The summed E-state index contributed by atoms with van der Waals surface area (Å²) in [6.07, 6.45) is -6.07. The Hall–Kier alpha value is -4.16. The van der Waals surface area contributed by atoms with Crippen molar-refractivity contribution >= 4 is 33.2 Å². The first-order valence-electron chi connectivity index (χ1n) is 12.1. The molecule has 1 aromatic heterocycles. The SMILES string of the molecule is COC(=O)C(Cc1ccc(OCCn2c(=O)sc3cc(/C(=N/O)c4ccccc4)ccc32)cc1)OCC(F)(F)F. The van der Waals surface area contributed by atoms with Crippen molar-refractivity contribution in [1.29, 1.82) is 0 Å². The summed E-state index contributed by atoms with van der Waals surface area (Å²) in [5.74, 6) is -0.416. The highest BCUT2D eigenvalue weighted by atomic mass is 32.1. The third-order valence-electron chi connectivity index (χ3n) is 5.93. The molecule has 0 aliphatic carbocycles. The number of rotatable bonds is 11.